The number of anilines is 1. The molecule has 0 bridgehead atoms. The van der Waals surface area contributed by atoms with Crippen LogP contribution in [0.2, 0.25) is 0 Å². The first kappa shape index (κ1) is 21.2. The summed E-state index contributed by atoms with van der Waals surface area (Å²) in [6, 6.07) is 18.3. The molecule has 5 rings (SSSR count). The Morgan fingerprint density at radius 2 is 1.94 bits per heavy atom. The Hall–Kier alpha value is -3.65. The van der Waals surface area contributed by atoms with Gasteiger partial charge in [0.2, 0.25) is 5.95 Å². The molecule has 2 aromatic heterocycles. The van der Waals surface area contributed by atoms with E-state index >= 15 is 0 Å². The summed E-state index contributed by atoms with van der Waals surface area (Å²) in [4.78, 5) is 9.21. The molecule has 8 heteroatoms. The van der Waals surface area contributed by atoms with E-state index in [4.69, 9.17) is 9.72 Å². The van der Waals surface area contributed by atoms with Gasteiger partial charge >= 0.3 is 0 Å². The van der Waals surface area contributed by atoms with Crippen LogP contribution in [-0.2, 0) is 11.3 Å². The molecule has 1 fully saturated rings. The number of halogens is 1. The zero-order valence-electron chi connectivity index (χ0n) is 18.4. The van der Waals surface area contributed by atoms with Gasteiger partial charge in [-0.25, -0.2) is 19.0 Å². The van der Waals surface area contributed by atoms with Gasteiger partial charge in [0, 0.05) is 30.8 Å². The van der Waals surface area contributed by atoms with E-state index in [9.17, 15) is 4.39 Å². The highest BCUT2D eigenvalue weighted by atomic mass is 19.1. The van der Waals surface area contributed by atoms with Crippen LogP contribution in [0.5, 0.6) is 0 Å². The van der Waals surface area contributed by atoms with Crippen LogP contribution in [0.25, 0.3) is 22.6 Å². The minimum Gasteiger partial charge on any atom is -0.381 e. The molecule has 0 amide bonds. The van der Waals surface area contributed by atoms with Crippen molar-refractivity contribution in [2.24, 2.45) is 5.92 Å². The van der Waals surface area contributed by atoms with Gasteiger partial charge in [0.25, 0.3) is 0 Å². The molecule has 1 aliphatic rings. The molecule has 33 heavy (non-hydrogen) atoms. The summed E-state index contributed by atoms with van der Waals surface area (Å²) < 4.78 is 21.0. The Bertz CT molecular complexity index is 1210. The van der Waals surface area contributed by atoms with E-state index in [2.05, 4.69) is 39.7 Å². The van der Waals surface area contributed by atoms with Gasteiger partial charge in [-0.1, -0.05) is 35.5 Å². The lowest BCUT2D eigenvalue weighted by atomic mass is 10.1. The highest BCUT2D eigenvalue weighted by Crippen LogP contribution is 2.31. The van der Waals surface area contributed by atoms with Crippen molar-refractivity contribution >= 4 is 5.95 Å². The van der Waals surface area contributed by atoms with Crippen LogP contribution >= 0.6 is 0 Å². The zero-order chi connectivity index (χ0) is 22.6. The first-order chi connectivity index (χ1) is 16.2. The van der Waals surface area contributed by atoms with Crippen LogP contribution in [0.1, 0.15) is 24.9 Å². The Balaban J connectivity index is 1.50. The van der Waals surface area contributed by atoms with Gasteiger partial charge < -0.3 is 10.1 Å². The molecule has 0 radical (unpaired) electrons. The molecule has 1 N–H and O–H groups in total. The summed E-state index contributed by atoms with van der Waals surface area (Å²) in [5.74, 6) is 0.592. The van der Waals surface area contributed by atoms with Crippen LogP contribution in [0, 0.1) is 11.7 Å². The quantitative estimate of drug-likeness (QED) is 0.443. The lowest BCUT2D eigenvalue weighted by molar-refractivity contribution is 0.181. The van der Waals surface area contributed by atoms with E-state index in [0.717, 1.165) is 29.8 Å². The number of hydrogen-bond acceptors (Lipinski definition) is 6. The van der Waals surface area contributed by atoms with Crippen molar-refractivity contribution < 1.29 is 9.13 Å². The first-order valence-electron chi connectivity index (χ1n) is 11.1. The SMILES string of the molecule is C[C@H](Nc1nccc(-c2c(-c3ccc(F)cc3)nnn2CC2CCOC2)n1)c1ccccc1. The Kier molecular flexibility index (Phi) is 6.08. The molecule has 3 heterocycles. The number of ether oxygens (including phenoxy) is 1. The van der Waals surface area contributed by atoms with Crippen LogP contribution in [-0.4, -0.2) is 38.2 Å². The predicted molar refractivity (Wildman–Crippen MR) is 124 cm³/mol. The molecule has 4 aromatic rings. The van der Waals surface area contributed by atoms with E-state index in [1.54, 1.807) is 18.3 Å². The van der Waals surface area contributed by atoms with E-state index in [-0.39, 0.29) is 11.9 Å². The highest BCUT2D eigenvalue weighted by Gasteiger charge is 2.23. The minimum atomic E-state index is -0.292. The summed E-state index contributed by atoms with van der Waals surface area (Å²) in [7, 11) is 0. The molecule has 0 spiro atoms. The largest absolute Gasteiger partial charge is 0.381 e. The van der Waals surface area contributed by atoms with Crippen molar-refractivity contribution in [1.29, 1.82) is 0 Å². The number of benzene rings is 2. The van der Waals surface area contributed by atoms with Crippen molar-refractivity contribution in [1.82, 2.24) is 25.0 Å². The number of nitrogens with zero attached hydrogens (tertiary/aromatic N) is 5. The minimum absolute atomic E-state index is 0.0386. The number of hydrogen-bond donors (Lipinski definition) is 1. The van der Waals surface area contributed by atoms with E-state index in [1.807, 2.05) is 28.9 Å². The normalized spacial score (nSPS) is 16.6. The molecule has 1 aliphatic heterocycles. The second-order valence-electron chi connectivity index (χ2n) is 8.25. The second-order valence-corrected chi connectivity index (χ2v) is 8.25. The molecule has 2 aromatic carbocycles. The van der Waals surface area contributed by atoms with Crippen molar-refractivity contribution in [2.45, 2.75) is 25.9 Å². The van der Waals surface area contributed by atoms with Gasteiger partial charge in [-0.3, -0.25) is 0 Å². The Morgan fingerprint density at radius 1 is 1.12 bits per heavy atom. The van der Waals surface area contributed by atoms with Crippen LogP contribution < -0.4 is 5.32 Å². The average molecular weight is 445 g/mol. The first-order valence-corrected chi connectivity index (χ1v) is 11.1. The molecule has 0 aliphatic carbocycles. The van der Waals surface area contributed by atoms with Crippen LogP contribution in [0.3, 0.4) is 0 Å². The van der Waals surface area contributed by atoms with Gasteiger partial charge in [0.15, 0.2) is 0 Å². The molecule has 1 unspecified atom stereocenters. The van der Waals surface area contributed by atoms with E-state index < -0.39 is 0 Å². The number of aromatic nitrogens is 5. The lowest BCUT2D eigenvalue weighted by Crippen LogP contribution is -2.14. The molecular formula is C25H25FN6O. The predicted octanol–water partition coefficient (Wildman–Crippen LogP) is 4.75. The van der Waals surface area contributed by atoms with Gasteiger partial charge in [-0.15, -0.1) is 5.10 Å². The maximum absolute atomic E-state index is 13.5. The summed E-state index contributed by atoms with van der Waals surface area (Å²) in [6.45, 7) is 4.22. The summed E-state index contributed by atoms with van der Waals surface area (Å²) in [6.07, 6.45) is 2.71. The Morgan fingerprint density at radius 3 is 2.70 bits per heavy atom. The van der Waals surface area contributed by atoms with Gasteiger partial charge in [0.1, 0.15) is 17.2 Å². The summed E-state index contributed by atoms with van der Waals surface area (Å²) in [5, 5.41) is 12.2. The maximum Gasteiger partial charge on any atom is 0.223 e. The van der Waals surface area contributed by atoms with E-state index in [0.29, 0.717) is 36.4 Å². The number of rotatable bonds is 7. The summed E-state index contributed by atoms with van der Waals surface area (Å²) in [5.41, 5.74) is 4.08. The van der Waals surface area contributed by atoms with Crippen LogP contribution in [0.4, 0.5) is 10.3 Å². The fourth-order valence-electron chi connectivity index (χ4n) is 4.05. The fourth-order valence-corrected chi connectivity index (χ4v) is 4.05. The third kappa shape index (κ3) is 4.75. The fraction of sp³-hybridized carbons (Fsp3) is 0.280. The lowest BCUT2D eigenvalue weighted by Gasteiger charge is -2.15. The smallest absolute Gasteiger partial charge is 0.223 e. The molecule has 168 valence electrons. The molecular weight excluding hydrogens is 419 g/mol. The Labute approximate surface area is 191 Å². The molecule has 1 saturated heterocycles. The third-order valence-corrected chi connectivity index (χ3v) is 5.85. The third-order valence-electron chi connectivity index (χ3n) is 5.85. The second kappa shape index (κ2) is 9.46. The standard InChI is InChI=1S/C25H25FN6O/c1-17(19-5-3-2-4-6-19)28-25-27-13-11-22(29-25)24-23(20-7-9-21(26)10-8-20)30-31-32(24)15-18-12-14-33-16-18/h2-11,13,17-18H,12,14-16H2,1H3,(H,27,28,29)/t17-,18?/m0/s1. The van der Waals surface area contributed by atoms with Gasteiger partial charge in [-0.05, 0) is 49.2 Å². The van der Waals surface area contributed by atoms with Gasteiger partial charge in [-0.2, -0.15) is 0 Å². The monoisotopic (exact) mass is 444 g/mol. The zero-order valence-corrected chi connectivity index (χ0v) is 18.4. The van der Waals surface area contributed by atoms with Crippen LogP contribution in [0.15, 0.2) is 66.9 Å². The molecule has 2 atom stereocenters. The van der Waals surface area contributed by atoms with E-state index in [1.165, 1.54) is 12.1 Å². The molecule has 7 nitrogen and oxygen atoms in total. The summed E-state index contributed by atoms with van der Waals surface area (Å²) >= 11 is 0. The highest BCUT2D eigenvalue weighted by molar-refractivity contribution is 5.76. The van der Waals surface area contributed by atoms with Crippen molar-refractivity contribution in [3.05, 3.63) is 78.2 Å². The van der Waals surface area contributed by atoms with Crippen molar-refractivity contribution in [3.63, 3.8) is 0 Å². The topological polar surface area (TPSA) is 77.8 Å². The van der Waals surface area contributed by atoms with Crippen molar-refractivity contribution in [3.8, 4) is 22.6 Å². The maximum atomic E-state index is 13.5. The van der Waals surface area contributed by atoms with Gasteiger partial charge in [0.05, 0.1) is 18.3 Å². The molecule has 0 saturated carbocycles. The average Bonchev–Trinajstić information content (AvgIpc) is 3.51. The van der Waals surface area contributed by atoms with Crippen molar-refractivity contribution in [2.75, 3.05) is 18.5 Å². The number of nitrogens with one attached hydrogen (secondary N) is 1.